The molecule has 0 fully saturated rings. The molecule has 2 nitrogen and oxygen atoms in total. The Morgan fingerprint density at radius 2 is 0.733 bits per heavy atom. The molecule has 0 spiro atoms. The van der Waals surface area contributed by atoms with Crippen LogP contribution in [0.2, 0.25) is 0 Å². The van der Waals surface area contributed by atoms with Gasteiger partial charge >= 0.3 is 0 Å². The SMILES string of the molecule is BrCCCCCCCCCCOc1ccccc1OCCCCCCCCCCBr. The Kier molecular flexibility index (Phi) is 20.4. The molecule has 0 saturated carbocycles. The molecule has 0 aliphatic carbocycles. The van der Waals surface area contributed by atoms with Gasteiger partial charge in [0.1, 0.15) is 0 Å². The van der Waals surface area contributed by atoms with Crippen molar-refractivity contribution in [2.24, 2.45) is 0 Å². The van der Waals surface area contributed by atoms with Crippen LogP contribution in [0.15, 0.2) is 24.3 Å². The van der Waals surface area contributed by atoms with Gasteiger partial charge in [-0.25, -0.2) is 0 Å². The van der Waals surface area contributed by atoms with E-state index in [4.69, 9.17) is 9.47 Å². The number of benzene rings is 1. The van der Waals surface area contributed by atoms with Crippen LogP contribution in [-0.4, -0.2) is 23.9 Å². The standard InChI is InChI=1S/C26H44Br2O2/c27-21-15-9-5-1-3-7-11-17-23-29-25-19-13-14-20-26(25)30-24-18-12-8-4-2-6-10-16-22-28/h13-14,19-20H,1-12,15-18,21-24H2. The maximum atomic E-state index is 6.01. The molecule has 0 heterocycles. The molecule has 0 atom stereocenters. The van der Waals surface area contributed by atoms with Crippen molar-refractivity contribution in [1.82, 2.24) is 0 Å². The van der Waals surface area contributed by atoms with Gasteiger partial charge in [-0.05, 0) is 37.8 Å². The molecule has 0 radical (unpaired) electrons. The largest absolute Gasteiger partial charge is 0.490 e. The summed E-state index contributed by atoms with van der Waals surface area (Å²) in [6.07, 6.45) is 21.0. The summed E-state index contributed by atoms with van der Waals surface area (Å²) in [5.74, 6) is 1.80. The lowest BCUT2D eigenvalue weighted by Gasteiger charge is -2.12. The number of unbranched alkanes of at least 4 members (excludes halogenated alkanes) is 14. The molecule has 4 heteroatoms. The van der Waals surface area contributed by atoms with Crippen LogP contribution in [0, 0.1) is 0 Å². The van der Waals surface area contributed by atoms with E-state index in [1.807, 2.05) is 24.3 Å². The molecule has 0 aromatic heterocycles. The smallest absolute Gasteiger partial charge is 0.161 e. The Hall–Kier alpha value is -0.220. The molecule has 0 N–H and O–H groups in total. The molecule has 0 bridgehead atoms. The van der Waals surface area contributed by atoms with Gasteiger partial charge in [-0.2, -0.15) is 0 Å². The molecular weight excluding hydrogens is 504 g/mol. The number of alkyl halides is 2. The number of para-hydroxylation sites is 2. The summed E-state index contributed by atoms with van der Waals surface area (Å²) < 4.78 is 12.0. The molecule has 0 amide bonds. The van der Waals surface area contributed by atoms with Crippen LogP contribution in [0.3, 0.4) is 0 Å². The molecule has 0 saturated heterocycles. The quantitative estimate of drug-likeness (QED) is 0.106. The summed E-state index contributed by atoms with van der Waals surface area (Å²) >= 11 is 6.99. The van der Waals surface area contributed by atoms with Crippen LogP contribution >= 0.6 is 31.9 Å². The van der Waals surface area contributed by atoms with Crippen molar-refractivity contribution < 1.29 is 9.47 Å². The van der Waals surface area contributed by atoms with E-state index in [0.29, 0.717) is 0 Å². The van der Waals surface area contributed by atoms with E-state index in [0.717, 1.165) is 48.2 Å². The third-order valence-corrected chi connectivity index (χ3v) is 6.54. The van der Waals surface area contributed by atoms with Crippen LogP contribution in [-0.2, 0) is 0 Å². The topological polar surface area (TPSA) is 18.5 Å². The summed E-state index contributed by atoms with van der Waals surface area (Å²) in [7, 11) is 0. The molecule has 0 aliphatic heterocycles. The fraction of sp³-hybridized carbons (Fsp3) is 0.769. The van der Waals surface area contributed by atoms with E-state index < -0.39 is 0 Å². The summed E-state index contributed by atoms with van der Waals surface area (Å²) in [6.45, 7) is 1.58. The molecule has 30 heavy (non-hydrogen) atoms. The first-order valence-corrected chi connectivity index (χ1v) is 14.6. The zero-order chi connectivity index (χ0) is 21.5. The highest BCUT2D eigenvalue weighted by Crippen LogP contribution is 2.27. The lowest BCUT2D eigenvalue weighted by atomic mass is 10.1. The third-order valence-electron chi connectivity index (χ3n) is 5.42. The highest BCUT2D eigenvalue weighted by atomic mass is 79.9. The first-order valence-electron chi connectivity index (χ1n) is 12.3. The first kappa shape index (κ1) is 27.8. The maximum Gasteiger partial charge on any atom is 0.161 e. The lowest BCUT2D eigenvalue weighted by molar-refractivity contribution is 0.258. The Balaban J connectivity index is 2.02. The van der Waals surface area contributed by atoms with Gasteiger partial charge in [-0.15, -0.1) is 0 Å². The zero-order valence-electron chi connectivity index (χ0n) is 19.0. The zero-order valence-corrected chi connectivity index (χ0v) is 22.2. The average molecular weight is 548 g/mol. The second-order valence-corrected chi connectivity index (χ2v) is 9.76. The normalized spacial score (nSPS) is 11.0. The minimum absolute atomic E-state index is 0.791. The Labute approximate surface area is 203 Å². The van der Waals surface area contributed by atoms with E-state index in [2.05, 4.69) is 31.9 Å². The molecule has 1 aromatic rings. The molecule has 0 aliphatic rings. The number of hydrogen-bond acceptors (Lipinski definition) is 2. The second-order valence-electron chi connectivity index (χ2n) is 8.18. The van der Waals surface area contributed by atoms with Gasteiger partial charge in [-0.1, -0.05) is 121 Å². The first-order chi connectivity index (χ1) is 14.9. The third kappa shape index (κ3) is 16.5. The van der Waals surface area contributed by atoms with Crippen molar-refractivity contribution >= 4 is 31.9 Å². The van der Waals surface area contributed by atoms with Crippen molar-refractivity contribution in [3.05, 3.63) is 24.3 Å². The van der Waals surface area contributed by atoms with E-state index >= 15 is 0 Å². The van der Waals surface area contributed by atoms with E-state index in [9.17, 15) is 0 Å². The van der Waals surface area contributed by atoms with Gasteiger partial charge in [0.05, 0.1) is 13.2 Å². The average Bonchev–Trinajstić information content (AvgIpc) is 2.77. The van der Waals surface area contributed by atoms with Crippen LogP contribution in [0.4, 0.5) is 0 Å². The van der Waals surface area contributed by atoms with Crippen molar-refractivity contribution in [2.75, 3.05) is 23.9 Å². The highest BCUT2D eigenvalue weighted by Gasteiger charge is 2.04. The number of rotatable bonds is 22. The summed E-state index contributed by atoms with van der Waals surface area (Å²) in [6, 6.07) is 8.13. The van der Waals surface area contributed by atoms with Crippen LogP contribution < -0.4 is 9.47 Å². The van der Waals surface area contributed by atoms with Crippen molar-refractivity contribution in [3.63, 3.8) is 0 Å². The van der Waals surface area contributed by atoms with Gasteiger partial charge in [0.15, 0.2) is 11.5 Å². The van der Waals surface area contributed by atoms with E-state index in [1.54, 1.807) is 0 Å². The minimum atomic E-state index is 0.791. The summed E-state index contributed by atoms with van der Waals surface area (Å²) in [5, 5.41) is 2.29. The number of halogens is 2. The fourth-order valence-electron chi connectivity index (χ4n) is 3.57. The Morgan fingerprint density at radius 3 is 1.07 bits per heavy atom. The van der Waals surface area contributed by atoms with Crippen LogP contribution in [0.1, 0.15) is 103 Å². The van der Waals surface area contributed by atoms with E-state index in [1.165, 1.54) is 89.9 Å². The van der Waals surface area contributed by atoms with Gasteiger partial charge in [0, 0.05) is 10.7 Å². The summed E-state index contributed by atoms with van der Waals surface area (Å²) in [5.41, 5.74) is 0. The predicted molar refractivity (Wildman–Crippen MR) is 139 cm³/mol. The van der Waals surface area contributed by atoms with Crippen LogP contribution in [0.25, 0.3) is 0 Å². The number of hydrogen-bond donors (Lipinski definition) is 0. The minimum Gasteiger partial charge on any atom is -0.490 e. The van der Waals surface area contributed by atoms with Crippen molar-refractivity contribution in [1.29, 1.82) is 0 Å². The van der Waals surface area contributed by atoms with Gasteiger partial charge in [-0.3, -0.25) is 0 Å². The van der Waals surface area contributed by atoms with Gasteiger partial charge in [0.25, 0.3) is 0 Å². The molecular formula is C26H44Br2O2. The van der Waals surface area contributed by atoms with Crippen molar-refractivity contribution in [3.8, 4) is 11.5 Å². The van der Waals surface area contributed by atoms with Crippen LogP contribution in [0.5, 0.6) is 11.5 Å². The fourth-order valence-corrected chi connectivity index (χ4v) is 4.36. The van der Waals surface area contributed by atoms with Gasteiger partial charge in [0.2, 0.25) is 0 Å². The number of ether oxygens (including phenoxy) is 2. The van der Waals surface area contributed by atoms with E-state index in [-0.39, 0.29) is 0 Å². The lowest BCUT2D eigenvalue weighted by Crippen LogP contribution is -2.02. The highest BCUT2D eigenvalue weighted by molar-refractivity contribution is 9.09. The molecule has 1 rings (SSSR count). The summed E-state index contributed by atoms with van der Waals surface area (Å²) in [4.78, 5) is 0. The molecule has 1 aromatic carbocycles. The Bertz CT molecular complexity index is 439. The monoisotopic (exact) mass is 546 g/mol. The molecule has 174 valence electrons. The van der Waals surface area contributed by atoms with Crippen molar-refractivity contribution in [2.45, 2.75) is 103 Å². The maximum absolute atomic E-state index is 6.01. The second kappa shape index (κ2) is 22.0. The Morgan fingerprint density at radius 1 is 0.433 bits per heavy atom. The van der Waals surface area contributed by atoms with Gasteiger partial charge < -0.3 is 9.47 Å². The predicted octanol–water partition coefficient (Wildman–Crippen LogP) is 9.48. The molecule has 0 unspecified atom stereocenters.